The summed E-state index contributed by atoms with van der Waals surface area (Å²) in [6.07, 6.45) is 3.83. The van der Waals surface area contributed by atoms with E-state index in [1.807, 2.05) is 60.3 Å². The van der Waals surface area contributed by atoms with E-state index in [0.717, 1.165) is 17.0 Å². The molecule has 3 aromatic rings. The molecule has 140 valence electrons. The van der Waals surface area contributed by atoms with Gasteiger partial charge < -0.3 is 19.4 Å². The SMILES string of the molecule is COc1ccc(CC(=O)N[C@H](c2ccccc2)c2nccn2C)cc1OC. The number of benzene rings is 2. The molecule has 0 aliphatic heterocycles. The highest BCUT2D eigenvalue weighted by atomic mass is 16.5. The van der Waals surface area contributed by atoms with Gasteiger partial charge in [0.25, 0.3) is 0 Å². The third kappa shape index (κ3) is 4.28. The molecule has 1 amide bonds. The molecule has 1 heterocycles. The number of carbonyl (C=O) groups is 1. The maximum atomic E-state index is 12.7. The number of imidazole rings is 1. The maximum Gasteiger partial charge on any atom is 0.225 e. The minimum absolute atomic E-state index is 0.0981. The van der Waals surface area contributed by atoms with Crippen LogP contribution in [0.15, 0.2) is 60.9 Å². The normalized spacial score (nSPS) is 11.7. The number of ether oxygens (including phenoxy) is 2. The van der Waals surface area contributed by atoms with E-state index in [1.165, 1.54) is 0 Å². The molecular weight excluding hydrogens is 342 g/mol. The van der Waals surface area contributed by atoms with E-state index in [4.69, 9.17) is 9.47 Å². The molecule has 0 saturated carbocycles. The molecule has 0 aliphatic rings. The molecule has 0 unspecified atom stereocenters. The highest BCUT2D eigenvalue weighted by Crippen LogP contribution is 2.28. The van der Waals surface area contributed by atoms with Crippen molar-refractivity contribution in [2.75, 3.05) is 14.2 Å². The number of nitrogens with zero attached hydrogens (tertiary/aromatic N) is 2. The predicted molar refractivity (Wildman–Crippen MR) is 103 cm³/mol. The van der Waals surface area contributed by atoms with Crippen molar-refractivity contribution in [3.05, 3.63) is 77.9 Å². The molecular formula is C21H23N3O3. The van der Waals surface area contributed by atoms with E-state index in [-0.39, 0.29) is 18.4 Å². The van der Waals surface area contributed by atoms with Crippen molar-refractivity contribution < 1.29 is 14.3 Å². The lowest BCUT2D eigenvalue weighted by Crippen LogP contribution is -2.32. The number of hydrogen-bond acceptors (Lipinski definition) is 4. The topological polar surface area (TPSA) is 65.4 Å². The van der Waals surface area contributed by atoms with Crippen LogP contribution in [0.1, 0.15) is 23.0 Å². The van der Waals surface area contributed by atoms with Gasteiger partial charge in [0.05, 0.1) is 20.6 Å². The molecule has 0 radical (unpaired) electrons. The van der Waals surface area contributed by atoms with E-state index >= 15 is 0 Å². The average Bonchev–Trinajstić information content (AvgIpc) is 3.12. The van der Waals surface area contributed by atoms with Crippen molar-refractivity contribution >= 4 is 5.91 Å². The summed E-state index contributed by atoms with van der Waals surface area (Å²) < 4.78 is 12.5. The summed E-state index contributed by atoms with van der Waals surface area (Å²) in [7, 11) is 5.08. The molecule has 0 saturated heterocycles. The van der Waals surface area contributed by atoms with Crippen LogP contribution in [-0.2, 0) is 18.3 Å². The van der Waals surface area contributed by atoms with Crippen LogP contribution in [0.5, 0.6) is 11.5 Å². The summed E-state index contributed by atoms with van der Waals surface area (Å²) in [5, 5.41) is 3.10. The smallest absolute Gasteiger partial charge is 0.225 e. The molecule has 27 heavy (non-hydrogen) atoms. The second-order valence-corrected chi connectivity index (χ2v) is 6.17. The van der Waals surface area contributed by atoms with E-state index in [0.29, 0.717) is 11.5 Å². The summed E-state index contributed by atoms with van der Waals surface area (Å²) in [5.41, 5.74) is 1.82. The lowest BCUT2D eigenvalue weighted by Gasteiger charge is -2.19. The van der Waals surface area contributed by atoms with E-state index in [9.17, 15) is 4.79 Å². The summed E-state index contributed by atoms with van der Waals surface area (Å²) in [4.78, 5) is 17.2. The van der Waals surface area contributed by atoms with Gasteiger partial charge in [0.1, 0.15) is 11.9 Å². The van der Waals surface area contributed by atoms with Crippen LogP contribution in [0, 0.1) is 0 Å². The summed E-state index contributed by atoms with van der Waals surface area (Å²) in [6, 6.07) is 15.0. The largest absolute Gasteiger partial charge is 0.493 e. The molecule has 0 fully saturated rings. The molecule has 1 atom stereocenters. The first-order valence-electron chi connectivity index (χ1n) is 8.64. The minimum atomic E-state index is -0.321. The van der Waals surface area contributed by atoms with Crippen LogP contribution in [0.2, 0.25) is 0 Å². The average molecular weight is 365 g/mol. The van der Waals surface area contributed by atoms with Crippen LogP contribution in [0.3, 0.4) is 0 Å². The number of carbonyl (C=O) groups excluding carboxylic acids is 1. The standard InChI is InChI=1S/C21H23N3O3/c1-24-12-11-22-21(24)20(16-7-5-4-6-8-16)23-19(25)14-15-9-10-17(26-2)18(13-15)27-3/h4-13,20H,14H2,1-3H3,(H,23,25)/t20-/m1/s1. The van der Waals surface area contributed by atoms with E-state index in [2.05, 4.69) is 10.3 Å². The zero-order chi connectivity index (χ0) is 19.2. The number of rotatable bonds is 7. The Bertz CT molecular complexity index is 906. The summed E-state index contributed by atoms with van der Waals surface area (Å²) in [5.74, 6) is 1.92. The van der Waals surface area contributed by atoms with Crippen LogP contribution in [0.4, 0.5) is 0 Å². The molecule has 2 aromatic carbocycles. The number of amides is 1. The molecule has 1 aromatic heterocycles. The maximum absolute atomic E-state index is 12.7. The van der Waals surface area contributed by atoms with Gasteiger partial charge in [-0.3, -0.25) is 4.79 Å². The van der Waals surface area contributed by atoms with Gasteiger partial charge in [-0.05, 0) is 23.3 Å². The first-order chi connectivity index (χ1) is 13.1. The predicted octanol–water partition coefficient (Wildman–Crippen LogP) is 2.89. The molecule has 6 heteroatoms. The molecule has 6 nitrogen and oxygen atoms in total. The minimum Gasteiger partial charge on any atom is -0.493 e. The van der Waals surface area contributed by atoms with Crippen molar-refractivity contribution in [2.45, 2.75) is 12.5 Å². The quantitative estimate of drug-likeness (QED) is 0.699. The number of aryl methyl sites for hydroxylation is 1. The molecule has 3 rings (SSSR count). The second-order valence-electron chi connectivity index (χ2n) is 6.17. The first-order valence-corrected chi connectivity index (χ1v) is 8.64. The zero-order valence-corrected chi connectivity index (χ0v) is 15.7. The van der Waals surface area contributed by atoms with Crippen molar-refractivity contribution in [1.82, 2.24) is 14.9 Å². The molecule has 0 spiro atoms. The van der Waals surface area contributed by atoms with Crippen LogP contribution >= 0.6 is 0 Å². The lowest BCUT2D eigenvalue weighted by atomic mass is 10.0. The Morgan fingerprint density at radius 2 is 1.85 bits per heavy atom. The third-order valence-corrected chi connectivity index (χ3v) is 4.37. The lowest BCUT2D eigenvalue weighted by molar-refractivity contribution is -0.121. The molecule has 0 bridgehead atoms. The first kappa shape index (κ1) is 18.5. The Balaban J connectivity index is 1.80. The van der Waals surface area contributed by atoms with Crippen LogP contribution < -0.4 is 14.8 Å². The van der Waals surface area contributed by atoms with Gasteiger partial charge in [-0.15, -0.1) is 0 Å². The Labute approximate surface area is 158 Å². The van der Waals surface area contributed by atoms with Gasteiger partial charge >= 0.3 is 0 Å². The van der Waals surface area contributed by atoms with Gasteiger partial charge in [0.15, 0.2) is 11.5 Å². The van der Waals surface area contributed by atoms with Gasteiger partial charge in [-0.25, -0.2) is 4.98 Å². The van der Waals surface area contributed by atoms with Gasteiger partial charge in [-0.1, -0.05) is 36.4 Å². The van der Waals surface area contributed by atoms with Crippen LogP contribution in [-0.4, -0.2) is 29.7 Å². The second kappa shape index (κ2) is 8.40. The third-order valence-electron chi connectivity index (χ3n) is 4.37. The number of aromatic nitrogens is 2. The van der Waals surface area contributed by atoms with Crippen molar-refractivity contribution in [1.29, 1.82) is 0 Å². The highest BCUT2D eigenvalue weighted by molar-refractivity contribution is 5.79. The fraction of sp³-hybridized carbons (Fsp3) is 0.238. The van der Waals surface area contributed by atoms with Gasteiger partial charge in [-0.2, -0.15) is 0 Å². The fourth-order valence-electron chi connectivity index (χ4n) is 2.99. The number of nitrogens with one attached hydrogen (secondary N) is 1. The highest BCUT2D eigenvalue weighted by Gasteiger charge is 2.20. The van der Waals surface area contributed by atoms with Crippen molar-refractivity contribution in [3.63, 3.8) is 0 Å². The fourth-order valence-corrected chi connectivity index (χ4v) is 2.99. The van der Waals surface area contributed by atoms with E-state index < -0.39 is 0 Å². The Morgan fingerprint density at radius 1 is 1.11 bits per heavy atom. The summed E-state index contributed by atoms with van der Waals surface area (Å²) >= 11 is 0. The Morgan fingerprint density at radius 3 is 2.48 bits per heavy atom. The van der Waals surface area contributed by atoms with Gasteiger partial charge in [0, 0.05) is 19.4 Å². The monoisotopic (exact) mass is 365 g/mol. The number of hydrogen-bond donors (Lipinski definition) is 1. The summed E-state index contributed by atoms with van der Waals surface area (Å²) in [6.45, 7) is 0. The van der Waals surface area contributed by atoms with Crippen LogP contribution in [0.25, 0.3) is 0 Å². The molecule has 1 N–H and O–H groups in total. The zero-order valence-electron chi connectivity index (χ0n) is 15.7. The molecule has 0 aliphatic carbocycles. The Hall–Kier alpha value is -3.28. The Kier molecular flexibility index (Phi) is 5.76. The van der Waals surface area contributed by atoms with Crippen molar-refractivity contribution in [3.8, 4) is 11.5 Å². The number of methoxy groups -OCH3 is 2. The van der Waals surface area contributed by atoms with Gasteiger partial charge in [0.2, 0.25) is 5.91 Å². The van der Waals surface area contributed by atoms with E-state index in [1.54, 1.807) is 26.5 Å². The van der Waals surface area contributed by atoms with Crippen molar-refractivity contribution in [2.24, 2.45) is 7.05 Å².